The van der Waals surface area contributed by atoms with Gasteiger partial charge < -0.3 is 20.5 Å². The number of halogens is 1. The van der Waals surface area contributed by atoms with Gasteiger partial charge in [0.2, 0.25) is 0 Å². The van der Waals surface area contributed by atoms with E-state index in [1.807, 2.05) is 12.1 Å². The molecule has 7 heteroatoms. The monoisotopic (exact) mass is 446 g/mol. The van der Waals surface area contributed by atoms with Gasteiger partial charge in [0.15, 0.2) is 6.61 Å². The first kappa shape index (κ1) is 20.4. The fourth-order valence-corrected chi connectivity index (χ4v) is 3.40. The van der Waals surface area contributed by atoms with Crippen molar-refractivity contribution in [2.45, 2.75) is 37.8 Å². The predicted octanol–water partition coefficient (Wildman–Crippen LogP) is 3.50. The van der Waals surface area contributed by atoms with E-state index in [9.17, 15) is 14.7 Å². The van der Waals surface area contributed by atoms with Crippen LogP contribution in [0.3, 0.4) is 0 Å². The lowest BCUT2D eigenvalue weighted by molar-refractivity contribution is -0.118. The van der Waals surface area contributed by atoms with E-state index >= 15 is 0 Å². The molecule has 0 bridgehead atoms. The van der Waals surface area contributed by atoms with Gasteiger partial charge in [-0.2, -0.15) is 0 Å². The Hall–Kier alpha value is -2.38. The van der Waals surface area contributed by atoms with E-state index in [1.165, 1.54) is 0 Å². The van der Waals surface area contributed by atoms with Crippen molar-refractivity contribution < 1.29 is 19.4 Å². The molecule has 6 nitrogen and oxygen atoms in total. The van der Waals surface area contributed by atoms with Crippen molar-refractivity contribution in [3.05, 3.63) is 58.6 Å². The van der Waals surface area contributed by atoms with Crippen LogP contribution in [-0.2, 0) is 4.79 Å². The van der Waals surface area contributed by atoms with Gasteiger partial charge >= 0.3 is 0 Å². The van der Waals surface area contributed by atoms with Gasteiger partial charge in [-0.1, -0.05) is 28.1 Å². The molecule has 0 saturated heterocycles. The second kappa shape index (κ2) is 9.71. The third-order valence-corrected chi connectivity index (χ3v) is 5.18. The Balaban J connectivity index is 1.56. The number of carbonyl (C=O) groups excluding carboxylic acids is 2. The number of rotatable bonds is 6. The van der Waals surface area contributed by atoms with E-state index in [2.05, 4.69) is 26.6 Å². The van der Waals surface area contributed by atoms with E-state index in [0.29, 0.717) is 29.8 Å². The molecule has 0 heterocycles. The standard InChI is InChI=1S/C21H23BrN2O4/c22-14-5-7-15(8-6-14)23-20(26)13-28-19-4-2-1-3-18(19)21(27)24-16-9-11-17(25)12-10-16/h1-8,16-17,25H,9-13H2,(H,23,26)(H,24,27). The maximum Gasteiger partial charge on any atom is 0.262 e. The Bertz CT molecular complexity index is 817. The Kier molecular flexibility index (Phi) is 7.06. The summed E-state index contributed by atoms with van der Waals surface area (Å²) in [5.41, 5.74) is 1.06. The smallest absolute Gasteiger partial charge is 0.262 e. The number of benzene rings is 2. The van der Waals surface area contributed by atoms with Gasteiger partial charge in [0.1, 0.15) is 5.75 Å². The van der Waals surface area contributed by atoms with Crippen molar-refractivity contribution in [1.29, 1.82) is 0 Å². The van der Waals surface area contributed by atoms with E-state index < -0.39 is 0 Å². The largest absolute Gasteiger partial charge is 0.483 e. The van der Waals surface area contributed by atoms with Crippen LogP contribution in [-0.4, -0.2) is 35.7 Å². The lowest BCUT2D eigenvalue weighted by atomic mass is 9.93. The molecule has 1 saturated carbocycles. The molecule has 0 unspecified atom stereocenters. The van der Waals surface area contributed by atoms with Crippen LogP contribution < -0.4 is 15.4 Å². The number of aliphatic hydroxyl groups is 1. The summed E-state index contributed by atoms with van der Waals surface area (Å²) in [6.07, 6.45) is 2.63. The SMILES string of the molecule is O=C(COc1ccccc1C(=O)NC1CCC(O)CC1)Nc1ccc(Br)cc1. The number of hydrogen-bond donors (Lipinski definition) is 3. The van der Waals surface area contributed by atoms with Gasteiger partial charge in [-0.15, -0.1) is 0 Å². The molecule has 0 spiro atoms. The third-order valence-electron chi connectivity index (χ3n) is 4.65. The van der Waals surface area contributed by atoms with Gasteiger partial charge in [-0.05, 0) is 62.1 Å². The molecule has 0 aromatic heterocycles. The van der Waals surface area contributed by atoms with Crippen molar-refractivity contribution in [2.24, 2.45) is 0 Å². The lowest BCUT2D eigenvalue weighted by Gasteiger charge is -2.26. The fraction of sp³-hybridized carbons (Fsp3) is 0.333. The van der Waals surface area contributed by atoms with Gasteiger partial charge in [-0.25, -0.2) is 0 Å². The van der Waals surface area contributed by atoms with Crippen LogP contribution in [0.5, 0.6) is 5.75 Å². The number of ether oxygens (including phenoxy) is 1. The first-order valence-corrected chi connectivity index (χ1v) is 10.1. The third kappa shape index (κ3) is 5.81. The van der Waals surface area contributed by atoms with Crippen molar-refractivity contribution in [3.63, 3.8) is 0 Å². The summed E-state index contributed by atoms with van der Waals surface area (Å²) in [5.74, 6) is -0.175. The number of nitrogens with one attached hydrogen (secondary N) is 2. The van der Waals surface area contributed by atoms with Gasteiger partial charge in [0.05, 0.1) is 11.7 Å². The van der Waals surface area contributed by atoms with Crippen LogP contribution in [0.25, 0.3) is 0 Å². The summed E-state index contributed by atoms with van der Waals surface area (Å²) in [4.78, 5) is 24.8. The maximum absolute atomic E-state index is 12.6. The van der Waals surface area contributed by atoms with Crippen LogP contribution in [0, 0.1) is 0 Å². The predicted molar refractivity (Wildman–Crippen MR) is 110 cm³/mol. The Morgan fingerprint density at radius 1 is 1.04 bits per heavy atom. The minimum Gasteiger partial charge on any atom is -0.483 e. The molecule has 1 aliphatic carbocycles. The topological polar surface area (TPSA) is 87.7 Å². The number of amides is 2. The first-order chi connectivity index (χ1) is 13.5. The minimum absolute atomic E-state index is 0.0460. The first-order valence-electron chi connectivity index (χ1n) is 9.27. The summed E-state index contributed by atoms with van der Waals surface area (Å²) in [6.45, 7) is -0.198. The zero-order valence-corrected chi connectivity index (χ0v) is 16.9. The molecule has 3 N–H and O–H groups in total. The second-order valence-electron chi connectivity index (χ2n) is 6.82. The second-order valence-corrected chi connectivity index (χ2v) is 7.73. The highest BCUT2D eigenvalue weighted by molar-refractivity contribution is 9.10. The Morgan fingerprint density at radius 2 is 1.71 bits per heavy atom. The Labute approximate surface area is 172 Å². The lowest BCUT2D eigenvalue weighted by Crippen LogP contribution is -2.38. The zero-order chi connectivity index (χ0) is 19.9. The normalized spacial score (nSPS) is 18.9. The van der Waals surface area contributed by atoms with E-state index in [1.54, 1.807) is 36.4 Å². The van der Waals surface area contributed by atoms with Crippen LogP contribution in [0.15, 0.2) is 53.0 Å². The molecule has 2 aromatic carbocycles. The van der Waals surface area contributed by atoms with Gasteiger partial charge in [0.25, 0.3) is 11.8 Å². The number of anilines is 1. The summed E-state index contributed by atoms with van der Waals surface area (Å²) in [7, 11) is 0. The number of para-hydroxylation sites is 1. The highest BCUT2D eigenvalue weighted by Gasteiger charge is 2.22. The minimum atomic E-state index is -0.307. The molecule has 148 valence electrons. The molecule has 1 aliphatic rings. The number of aliphatic hydroxyl groups excluding tert-OH is 1. The molecule has 3 rings (SSSR count). The maximum atomic E-state index is 12.6. The average Bonchev–Trinajstić information content (AvgIpc) is 2.70. The molecule has 0 radical (unpaired) electrons. The highest BCUT2D eigenvalue weighted by atomic mass is 79.9. The molecule has 1 fully saturated rings. The van der Waals surface area contributed by atoms with Crippen LogP contribution in [0.4, 0.5) is 5.69 Å². The van der Waals surface area contributed by atoms with Crippen molar-refractivity contribution in [1.82, 2.24) is 5.32 Å². The van der Waals surface area contributed by atoms with E-state index in [-0.39, 0.29) is 30.6 Å². The summed E-state index contributed by atoms with van der Waals surface area (Å²) >= 11 is 3.35. The van der Waals surface area contributed by atoms with Gasteiger partial charge in [0, 0.05) is 16.2 Å². The fourth-order valence-electron chi connectivity index (χ4n) is 3.14. The number of carbonyl (C=O) groups is 2. The van der Waals surface area contributed by atoms with Crippen molar-refractivity contribution in [3.8, 4) is 5.75 Å². The van der Waals surface area contributed by atoms with Crippen LogP contribution in [0.2, 0.25) is 0 Å². The molecular weight excluding hydrogens is 424 g/mol. The Morgan fingerprint density at radius 3 is 2.43 bits per heavy atom. The summed E-state index contributed by atoms with van der Waals surface area (Å²) in [5, 5.41) is 15.3. The molecule has 0 atom stereocenters. The summed E-state index contributed by atoms with van der Waals surface area (Å²) < 4.78 is 6.53. The molecule has 0 aliphatic heterocycles. The van der Waals surface area contributed by atoms with E-state index in [4.69, 9.17) is 4.74 Å². The quantitative estimate of drug-likeness (QED) is 0.633. The highest BCUT2D eigenvalue weighted by Crippen LogP contribution is 2.22. The summed E-state index contributed by atoms with van der Waals surface area (Å²) in [6, 6.07) is 14.1. The van der Waals surface area contributed by atoms with Crippen molar-refractivity contribution in [2.75, 3.05) is 11.9 Å². The number of hydrogen-bond acceptors (Lipinski definition) is 4. The molecule has 2 aromatic rings. The van der Waals surface area contributed by atoms with Crippen molar-refractivity contribution >= 4 is 33.4 Å². The van der Waals surface area contributed by atoms with E-state index in [0.717, 1.165) is 17.3 Å². The molecule has 28 heavy (non-hydrogen) atoms. The average molecular weight is 447 g/mol. The zero-order valence-electron chi connectivity index (χ0n) is 15.4. The molecular formula is C21H23BrN2O4. The van der Waals surface area contributed by atoms with Crippen LogP contribution in [0.1, 0.15) is 36.0 Å². The van der Waals surface area contributed by atoms with Gasteiger partial charge in [-0.3, -0.25) is 9.59 Å². The molecule has 2 amide bonds. The van der Waals surface area contributed by atoms with Crippen LogP contribution >= 0.6 is 15.9 Å².